The second kappa shape index (κ2) is 6.84. The van der Waals surface area contributed by atoms with Crippen molar-refractivity contribution in [3.05, 3.63) is 64.0 Å². The second-order valence-corrected chi connectivity index (χ2v) is 5.73. The van der Waals surface area contributed by atoms with Crippen LogP contribution in [0.1, 0.15) is 26.5 Å². The molecule has 2 aromatic rings. The maximum atomic E-state index is 12.1. The average molecular weight is 390 g/mol. The average Bonchev–Trinajstić information content (AvgIpc) is 3.10. The summed E-state index contributed by atoms with van der Waals surface area (Å²) in [4.78, 5) is 37.0. The summed E-state index contributed by atoms with van der Waals surface area (Å²) in [6, 6.07) is 9.99. The summed E-state index contributed by atoms with van der Waals surface area (Å²) in [5.41, 5.74) is 0.745. The number of carbonyl (C=O) groups is 3. The van der Waals surface area contributed by atoms with Crippen LogP contribution in [0.2, 0.25) is 0 Å². The molecule has 1 aromatic heterocycles. The molecule has 0 fully saturated rings. The van der Waals surface area contributed by atoms with Crippen LogP contribution in [0.25, 0.3) is 6.08 Å². The maximum absolute atomic E-state index is 12.1. The van der Waals surface area contributed by atoms with Gasteiger partial charge in [0.1, 0.15) is 12.4 Å². The summed E-state index contributed by atoms with van der Waals surface area (Å²) >= 11 is 3.16. The summed E-state index contributed by atoms with van der Waals surface area (Å²) in [5.74, 6) is -0.830. The zero-order valence-corrected chi connectivity index (χ0v) is 14.0. The molecule has 2 amide bonds. The highest BCUT2D eigenvalue weighted by molar-refractivity contribution is 9.10. The summed E-state index contributed by atoms with van der Waals surface area (Å²) in [6.07, 6.45) is 2.68. The Hall–Kier alpha value is -2.67. The largest absolute Gasteiger partial charge is 0.461 e. The third-order valence-corrected chi connectivity index (χ3v) is 3.84. The Morgan fingerprint density at radius 2 is 1.79 bits per heavy atom. The van der Waals surface area contributed by atoms with Crippen LogP contribution in [0.5, 0.6) is 0 Å². The lowest BCUT2D eigenvalue weighted by atomic mass is 10.1. The standard InChI is InChI=1S/C17H12BrNO5/c18-14-7-5-11(24-14)6-8-15(20)23-10-9-19-16(21)12-3-1-2-4-13(12)17(19)22/h1-8H,9-10H2/b8-6+. The van der Waals surface area contributed by atoms with Crippen LogP contribution in [0, 0.1) is 0 Å². The first-order chi connectivity index (χ1) is 11.6. The molecule has 0 unspecified atom stereocenters. The van der Waals surface area contributed by atoms with E-state index in [1.54, 1.807) is 36.4 Å². The molecule has 0 radical (unpaired) electrons. The molecule has 3 rings (SSSR count). The molecule has 0 atom stereocenters. The molecule has 6 nitrogen and oxygen atoms in total. The summed E-state index contributed by atoms with van der Waals surface area (Å²) in [7, 11) is 0. The fourth-order valence-electron chi connectivity index (χ4n) is 2.30. The Morgan fingerprint density at radius 1 is 1.12 bits per heavy atom. The summed E-state index contributed by atoms with van der Waals surface area (Å²) in [6.45, 7) is -0.0608. The molecule has 0 aliphatic carbocycles. The third kappa shape index (κ3) is 3.30. The zero-order valence-electron chi connectivity index (χ0n) is 12.4. The van der Waals surface area contributed by atoms with E-state index in [1.165, 1.54) is 12.2 Å². The lowest BCUT2D eigenvalue weighted by molar-refractivity contribution is -0.137. The molecule has 122 valence electrons. The number of furan rings is 1. The van der Waals surface area contributed by atoms with Gasteiger partial charge in [-0.1, -0.05) is 12.1 Å². The molecule has 1 aliphatic rings. The van der Waals surface area contributed by atoms with Crippen LogP contribution >= 0.6 is 15.9 Å². The van der Waals surface area contributed by atoms with Gasteiger partial charge in [0, 0.05) is 6.08 Å². The van der Waals surface area contributed by atoms with Crippen LogP contribution in [0.15, 0.2) is 51.6 Å². The molecule has 0 saturated heterocycles. The molecule has 1 aliphatic heterocycles. The lowest BCUT2D eigenvalue weighted by Gasteiger charge is -2.13. The van der Waals surface area contributed by atoms with E-state index in [0.717, 1.165) is 4.90 Å². The highest BCUT2D eigenvalue weighted by Crippen LogP contribution is 2.21. The molecule has 24 heavy (non-hydrogen) atoms. The van der Waals surface area contributed by atoms with Crippen molar-refractivity contribution in [1.29, 1.82) is 0 Å². The minimum atomic E-state index is -0.584. The molecular weight excluding hydrogens is 378 g/mol. The van der Waals surface area contributed by atoms with Gasteiger partial charge in [-0.3, -0.25) is 14.5 Å². The smallest absolute Gasteiger partial charge is 0.330 e. The van der Waals surface area contributed by atoms with Gasteiger partial charge < -0.3 is 9.15 Å². The summed E-state index contributed by atoms with van der Waals surface area (Å²) < 4.78 is 10.8. The molecule has 7 heteroatoms. The molecule has 0 N–H and O–H groups in total. The van der Waals surface area contributed by atoms with E-state index in [4.69, 9.17) is 9.15 Å². The fourth-order valence-corrected chi connectivity index (χ4v) is 2.61. The second-order valence-electron chi connectivity index (χ2n) is 4.95. The number of amides is 2. The van der Waals surface area contributed by atoms with Crippen molar-refractivity contribution in [3.63, 3.8) is 0 Å². The van der Waals surface area contributed by atoms with Gasteiger partial charge in [0.2, 0.25) is 0 Å². The van der Waals surface area contributed by atoms with Crippen molar-refractivity contribution >= 4 is 39.8 Å². The molecule has 1 aromatic carbocycles. The van der Waals surface area contributed by atoms with Gasteiger partial charge >= 0.3 is 5.97 Å². The Balaban J connectivity index is 1.52. The number of halogens is 1. The number of benzene rings is 1. The van der Waals surface area contributed by atoms with Crippen LogP contribution in [-0.2, 0) is 9.53 Å². The Labute approximate surface area is 145 Å². The number of carbonyl (C=O) groups excluding carboxylic acids is 3. The molecule has 0 spiro atoms. The van der Waals surface area contributed by atoms with Crippen LogP contribution in [-0.4, -0.2) is 35.8 Å². The highest BCUT2D eigenvalue weighted by Gasteiger charge is 2.34. The number of hydrogen-bond acceptors (Lipinski definition) is 5. The van der Waals surface area contributed by atoms with Crippen molar-refractivity contribution in [3.8, 4) is 0 Å². The minimum Gasteiger partial charge on any atom is -0.461 e. The number of nitrogens with zero attached hydrogens (tertiary/aromatic N) is 1. The summed E-state index contributed by atoms with van der Waals surface area (Å²) in [5, 5.41) is 0. The van der Waals surface area contributed by atoms with Crippen molar-refractivity contribution in [2.45, 2.75) is 0 Å². The number of imide groups is 1. The van der Waals surface area contributed by atoms with Gasteiger partial charge in [0.25, 0.3) is 11.8 Å². The zero-order chi connectivity index (χ0) is 17.1. The number of ether oxygens (including phenoxy) is 1. The van der Waals surface area contributed by atoms with Gasteiger partial charge in [0.15, 0.2) is 4.67 Å². The monoisotopic (exact) mass is 389 g/mol. The quantitative estimate of drug-likeness (QED) is 0.446. The van der Waals surface area contributed by atoms with Crippen molar-refractivity contribution in [2.75, 3.05) is 13.2 Å². The predicted octanol–water partition coefficient (Wildman–Crippen LogP) is 2.89. The molecule has 0 bridgehead atoms. The predicted molar refractivity (Wildman–Crippen MR) is 88.2 cm³/mol. The van der Waals surface area contributed by atoms with E-state index >= 15 is 0 Å². The van der Waals surface area contributed by atoms with Gasteiger partial charge in [-0.2, -0.15) is 0 Å². The van der Waals surface area contributed by atoms with Crippen LogP contribution < -0.4 is 0 Å². The van der Waals surface area contributed by atoms with Gasteiger partial charge in [-0.15, -0.1) is 0 Å². The van der Waals surface area contributed by atoms with Crippen molar-refractivity contribution in [1.82, 2.24) is 4.90 Å². The first kappa shape index (κ1) is 16.2. The van der Waals surface area contributed by atoms with Gasteiger partial charge in [-0.05, 0) is 46.3 Å². The normalized spacial score (nSPS) is 13.6. The van der Waals surface area contributed by atoms with E-state index < -0.39 is 5.97 Å². The van der Waals surface area contributed by atoms with Gasteiger partial charge in [-0.25, -0.2) is 4.79 Å². The number of esters is 1. The number of rotatable bonds is 5. The SMILES string of the molecule is O=C(/C=C/c1ccc(Br)o1)OCCN1C(=O)c2ccccc2C1=O. The highest BCUT2D eigenvalue weighted by atomic mass is 79.9. The Morgan fingerprint density at radius 3 is 2.38 bits per heavy atom. The maximum Gasteiger partial charge on any atom is 0.330 e. The first-order valence-corrected chi connectivity index (χ1v) is 7.91. The van der Waals surface area contributed by atoms with Crippen LogP contribution in [0.3, 0.4) is 0 Å². The molecule has 0 saturated carbocycles. The van der Waals surface area contributed by atoms with E-state index in [2.05, 4.69) is 15.9 Å². The van der Waals surface area contributed by atoms with E-state index in [0.29, 0.717) is 21.6 Å². The van der Waals surface area contributed by atoms with E-state index in [9.17, 15) is 14.4 Å². The lowest BCUT2D eigenvalue weighted by Crippen LogP contribution is -2.33. The fraction of sp³-hybridized carbons (Fsp3) is 0.118. The molecule has 2 heterocycles. The number of fused-ring (bicyclic) bond motifs is 1. The van der Waals surface area contributed by atoms with Crippen LogP contribution in [0.4, 0.5) is 0 Å². The van der Waals surface area contributed by atoms with Crippen molar-refractivity contribution < 1.29 is 23.5 Å². The van der Waals surface area contributed by atoms with Crippen molar-refractivity contribution in [2.24, 2.45) is 0 Å². The number of hydrogen-bond donors (Lipinski definition) is 0. The Kier molecular flexibility index (Phi) is 4.61. The van der Waals surface area contributed by atoms with Gasteiger partial charge in [0.05, 0.1) is 17.7 Å². The van der Waals surface area contributed by atoms with E-state index in [1.807, 2.05) is 0 Å². The van der Waals surface area contributed by atoms with E-state index in [-0.39, 0.29) is 25.0 Å². The third-order valence-electron chi connectivity index (χ3n) is 3.42. The first-order valence-electron chi connectivity index (χ1n) is 7.11. The topological polar surface area (TPSA) is 76.8 Å². The molecular formula is C17H12BrNO5. The Bertz CT molecular complexity index is 804. The minimum absolute atomic E-state index is 0.0121.